The van der Waals surface area contributed by atoms with Crippen LogP contribution in [0.15, 0.2) is 36.4 Å². The second-order valence-electron chi connectivity index (χ2n) is 8.15. The first-order valence-corrected chi connectivity index (χ1v) is 12.6. The largest absolute Gasteiger partial charge is 0.435 e. The van der Waals surface area contributed by atoms with Crippen molar-refractivity contribution in [1.82, 2.24) is 5.32 Å². The third-order valence-corrected chi connectivity index (χ3v) is 7.36. The number of aryl methyl sites for hydroxylation is 1. The molecule has 2 aromatic rings. The molecule has 0 bridgehead atoms. The van der Waals surface area contributed by atoms with Gasteiger partial charge in [-0.2, -0.15) is 26.3 Å². The van der Waals surface area contributed by atoms with Crippen molar-refractivity contribution >= 4 is 38.9 Å². The summed E-state index contributed by atoms with van der Waals surface area (Å²) in [5.74, 6) is -1.92. The minimum absolute atomic E-state index is 0.193. The molecule has 2 N–H and O–H groups in total. The van der Waals surface area contributed by atoms with Gasteiger partial charge in [0.2, 0.25) is 0 Å². The second-order valence-corrected chi connectivity index (χ2v) is 11.0. The molecule has 15 heteroatoms. The number of carbonyl (C=O) groups excluding carboxylic acids is 2. The van der Waals surface area contributed by atoms with E-state index in [9.17, 15) is 48.7 Å². The van der Waals surface area contributed by atoms with Gasteiger partial charge in [0.15, 0.2) is 9.84 Å². The Hall–Kier alpha value is -2.87. The van der Waals surface area contributed by atoms with Gasteiger partial charge in [-0.25, -0.2) is 12.8 Å². The molecule has 0 aliphatic heterocycles. The smallest absolute Gasteiger partial charge is 0.351 e. The van der Waals surface area contributed by atoms with Gasteiger partial charge in [-0.05, 0) is 37.6 Å². The molecular weight excluding hydrogens is 557 g/mol. The fourth-order valence-corrected chi connectivity index (χ4v) is 3.76. The normalized spacial score (nSPS) is 13.7. The van der Waals surface area contributed by atoms with Gasteiger partial charge in [0.25, 0.3) is 11.8 Å². The van der Waals surface area contributed by atoms with Crippen molar-refractivity contribution in [3.63, 3.8) is 0 Å². The van der Waals surface area contributed by atoms with Crippen molar-refractivity contribution in [1.29, 1.82) is 0 Å². The predicted octanol–water partition coefficient (Wildman–Crippen LogP) is 5.35. The van der Waals surface area contributed by atoms with E-state index in [2.05, 4.69) is 10.6 Å². The molecule has 0 unspecified atom stereocenters. The van der Waals surface area contributed by atoms with E-state index in [1.165, 1.54) is 25.1 Å². The van der Waals surface area contributed by atoms with Crippen LogP contribution in [0.2, 0.25) is 5.02 Å². The topological polar surface area (TPSA) is 92.3 Å². The van der Waals surface area contributed by atoms with E-state index in [1.807, 2.05) is 0 Å². The Morgan fingerprint density at radius 1 is 0.973 bits per heavy atom. The molecule has 0 radical (unpaired) electrons. The number of anilines is 1. The average molecular weight is 577 g/mol. The van der Waals surface area contributed by atoms with E-state index < -0.39 is 50.5 Å². The fourth-order valence-electron chi connectivity index (χ4n) is 3.12. The van der Waals surface area contributed by atoms with Gasteiger partial charge in [0, 0.05) is 24.1 Å². The first-order chi connectivity index (χ1) is 16.7. The highest BCUT2D eigenvalue weighted by Gasteiger charge is 2.73. The molecule has 0 saturated carbocycles. The van der Waals surface area contributed by atoms with Gasteiger partial charge >= 0.3 is 18.0 Å². The van der Waals surface area contributed by atoms with Gasteiger partial charge < -0.3 is 10.6 Å². The first kappa shape index (κ1) is 30.4. The number of hydrogen-bond donors (Lipinski definition) is 2. The molecule has 1 atom stereocenters. The van der Waals surface area contributed by atoms with Crippen LogP contribution in [-0.4, -0.2) is 50.6 Å². The van der Waals surface area contributed by atoms with Gasteiger partial charge in [0.1, 0.15) is 0 Å². The third-order valence-electron chi connectivity index (χ3n) is 5.42. The minimum Gasteiger partial charge on any atom is -0.351 e. The van der Waals surface area contributed by atoms with Crippen molar-refractivity contribution < 1.29 is 48.7 Å². The lowest BCUT2D eigenvalue weighted by Gasteiger charge is -2.30. The Morgan fingerprint density at radius 2 is 1.54 bits per heavy atom. The summed E-state index contributed by atoms with van der Waals surface area (Å²) in [6.45, 7) is 2.07. The molecule has 204 valence electrons. The maximum atomic E-state index is 14.3. The summed E-state index contributed by atoms with van der Waals surface area (Å²) in [7, 11) is -3.49. The van der Waals surface area contributed by atoms with Crippen LogP contribution in [-0.2, 0) is 15.5 Å². The standard InChI is InChI=1S/C22H20ClF7N2O4S/c1-11-9-13(20(24,21(25,26)27)22(28,29)30)7-8-16(11)32-18(33)14-5-4-6-15(23)17(14)19(34)31-10-12(2)37(3,35)36/h4-9,12H,10H2,1-3H3,(H,31,34)(H,32,33)/t12-/m0/s1. The quantitative estimate of drug-likeness (QED) is 0.435. The molecule has 0 heterocycles. The molecule has 0 saturated heterocycles. The van der Waals surface area contributed by atoms with E-state index in [1.54, 1.807) is 0 Å². The molecule has 2 aromatic carbocycles. The molecule has 2 amide bonds. The lowest BCUT2D eigenvalue weighted by atomic mass is 9.92. The van der Waals surface area contributed by atoms with Crippen molar-refractivity contribution in [3.8, 4) is 0 Å². The van der Waals surface area contributed by atoms with Gasteiger partial charge in [-0.15, -0.1) is 0 Å². The Balaban J connectivity index is 2.39. The number of benzene rings is 2. The van der Waals surface area contributed by atoms with Gasteiger partial charge in [0.05, 0.1) is 21.4 Å². The zero-order chi connectivity index (χ0) is 28.6. The second kappa shape index (κ2) is 10.5. The van der Waals surface area contributed by atoms with Crippen molar-refractivity contribution in [3.05, 3.63) is 63.7 Å². The van der Waals surface area contributed by atoms with Crippen LogP contribution in [0.1, 0.15) is 38.8 Å². The fraction of sp³-hybridized carbons (Fsp3) is 0.364. The number of nitrogens with one attached hydrogen (secondary N) is 2. The highest BCUT2D eigenvalue weighted by molar-refractivity contribution is 7.91. The molecule has 37 heavy (non-hydrogen) atoms. The number of carbonyl (C=O) groups is 2. The van der Waals surface area contributed by atoms with Crippen molar-refractivity contribution in [2.75, 3.05) is 18.1 Å². The van der Waals surface area contributed by atoms with Gasteiger partial charge in [-0.3, -0.25) is 9.59 Å². The number of alkyl halides is 7. The molecular formula is C22H20ClF7N2O4S. The molecule has 0 aliphatic rings. The zero-order valence-corrected chi connectivity index (χ0v) is 20.9. The Labute approximate surface area is 212 Å². The maximum Gasteiger partial charge on any atom is 0.435 e. The monoisotopic (exact) mass is 576 g/mol. The average Bonchev–Trinajstić information content (AvgIpc) is 2.75. The number of amides is 2. The summed E-state index contributed by atoms with van der Waals surface area (Å²) in [5.41, 5.74) is -8.66. The van der Waals surface area contributed by atoms with Crippen LogP contribution in [0.4, 0.5) is 36.4 Å². The third kappa shape index (κ3) is 6.35. The molecule has 0 aliphatic carbocycles. The summed E-state index contributed by atoms with van der Waals surface area (Å²) in [6, 6.07) is 4.93. The minimum atomic E-state index is -6.31. The van der Waals surface area contributed by atoms with Crippen LogP contribution in [0.3, 0.4) is 0 Å². The van der Waals surface area contributed by atoms with Crippen molar-refractivity contribution in [2.24, 2.45) is 0 Å². The summed E-state index contributed by atoms with van der Waals surface area (Å²) in [4.78, 5) is 25.5. The van der Waals surface area contributed by atoms with Crippen LogP contribution in [0, 0.1) is 6.92 Å². The van der Waals surface area contributed by atoms with Crippen LogP contribution in [0.25, 0.3) is 0 Å². The zero-order valence-electron chi connectivity index (χ0n) is 19.3. The number of rotatable bonds is 7. The summed E-state index contributed by atoms with van der Waals surface area (Å²) in [6.07, 6.45) is -11.7. The molecule has 0 fully saturated rings. The highest BCUT2D eigenvalue weighted by Crippen LogP contribution is 2.53. The Bertz CT molecular complexity index is 1300. The van der Waals surface area contributed by atoms with Gasteiger partial charge in [-0.1, -0.05) is 29.8 Å². The first-order valence-electron chi connectivity index (χ1n) is 10.2. The maximum absolute atomic E-state index is 14.3. The summed E-state index contributed by atoms with van der Waals surface area (Å²) < 4.78 is 116. The van der Waals surface area contributed by atoms with E-state index in [0.29, 0.717) is 12.1 Å². The van der Waals surface area contributed by atoms with Crippen LogP contribution in [0.5, 0.6) is 0 Å². The number of hydrogen-bond acceptors (Lipinski definition) is 4. The predicted molar refractivity (Wildman–Crippen MR) is 122 cm³/mol. The number of halogens is 8. The number of sulfone groups is 1. The highest BCUT2D eigenvalue weighted by atomic mass is 35.5. The van der Waals surface area contributed by atoms with Crippen molar-refractivity contribution in [2.45, 2.75) is 37.1 Å². The van der Waals surface area contributed by atoms with E-state index in [-0.39, 0.29) is 40.0 Å². The molecule has 6 nitrogen and oxygen atoms in total. The lowest BCUT2D eigenvalue weighted by Crippen LogP contribution is -2.50. The van der Waals surface area contributed by atoms with E-state index in [0.717, 1.165) is 13.2 Å². The van der Waals surface area contributed by atoms with Crippen LogP contribution >= 0.6 is 11.6 Å². The molecule has 0 aromatic heterocycles. The molecule has 0 spiro atoms. The van der Waals surface area contributed by atoms with Crippen LogP contribution < -0.4 is 10.6 Å². The SMILES string of the molecule is Cc1cc(C(F)(C(F)(F)F)C(F)(F)F)ccc1NC(=O)c1cccc(Cl)c1C(=O)NC[C@H](C)S(C)(=O)=O. The molecule has 2 rings (SSSR count). The Kier molecular flexibility index (Phi) is 8.60. The summed E-state index contributed by atoms with van der Waals surface area (Å²) in [5, 5.41) is 3.41. The van der Waals surface area contributed by atoms with E-state index in [4.69, 9.17) is 11.6 Å². The van der Waals surface area contributed by atoms with E-state index >= 15 is 0 Å². The summed E-state index contributed by atoms with van der Waals surface area (Å²) >= 11 is 6.05. The Morgan fingerprint density at radius 3 is 2.03 bits per heavy atom. The lowest BCUT2D eigenvalue weighted by molar-refractivity contribution is -0.348.